The monoisotopic (exact) mass is 401 g/mol. The molecule has 2 aliphatic heterocycles. The number of aromatic amines is 1. The van der Waals surface area contributed by atoms with Gasteiger partial charge < -0.3 is 19.5 Å². The zero-order chi connectivity index (χ0) is 20.7. The van der Waals surface area contributed by atoms with Crippen molar-refractivity contribution in [2.75, 3.05) is 26.7 Å². The Bertz CT molecular complexity index is 1020. The summed E-state index contributed by atoms with van der Waals surface area (Å²) >= 11 is 0. The number of terminal acetylenes is 1. The highest BCUT2D eigenvalue weighted by molar-refractivity contribution is 5.94. The van der Waals surface area contributed by atoms with Crippen molar-refractivity contribution in [2.24, 2.45) is 5.92 Å². The fourth-order valence-electron chi connectivity index (χ4n) is 4.67. The van der Waals surface area contributed by atoms with E-state index < -0.39 is 17.5 Å². The number of ether oxygens (including phenoxy) is 1. The average molecular weight is 401 g/mol. The molecule has 1 aromatic carbocycles. The Morgan fingerprint density at radius 2 is 1.97 bits per heavy atom. The summed E-state index contributed by atoms with van der Waals surface area (Å²) in [6.07, 6.45) is 6.74. The van der Waals surface area contributed by atoms with Gasteiger partial charge in [0.05, 0.1) is 18.7 Å². The molecule has 1 aromatic heterocycles. The van der Waals surface area contributed by atoms with E-state index in [-0.39, 0.29) is 23.6 Å². The van der Waals surface area contributed by atoms with Crippen LogP contribution < -0.4 is 0 Å². The molecule has 1 atom stereocenters. The smallest absolute Gasteiger partial charge is 0.409 e. The molecule has 8 heteroatoms. The maximum atomic E-state index is 14.4. The Morgan fingerprint density at radius 1 is 1.24 bits per heavy atom. The van der Waals surface area contributed by atoms with Crippen molar-refractivity contribution >= 4 is 22.9 Å². The Labute approximate surface area is 166 Å². The van der Waals surface area contributed by atoms with E-state index in [2.05, 4.69) is 10.9 Å². The van der Waals surface area contributed by atoms with Crippen molar-refractivity contribution in [3.8, 4) is 12.3 Å². The first-order valence-electron chi connectivity index (χ1n) is 9.54. The SMILES string of the molecule is C#CC(=O)N1CCc2c([nH]c3c(F)cc(F)cc23)C1C1CCN(C(=O)OC)CC1. The quantitative estimate of drug-likeness (QED) is 0.748. The van der Waals surface area contributed by atoms with Crippen LogP contribution in [0.3, 0.4) is 0 Å². The number of nitrogens with one attached hydrogen (secondary N) is 1. The fourth-order valence-corrected chi connectivity index (χ4v) is 4.67. The molecule has 1 N–H and O–H groups in total. The predicted molar refractivity (Wildman–Crippen MR) is 102 cm³/mol. The molecule has 0 aliphatic carbocycles. The predicted octanol–water partition coefficient (Wildman–Crippen LogP) is 2.98. The van der Waals surface area contributed by atoms with Crippen LogP contribution in [0.2, 0.25) is 0 Å². The summed E-state index contributed by atoms with van der Waals surface area (Å²) in [4.78, 5) is 30.6. The topological polar surface area (TPSA) is 65.6 Å². The van der Waals surface area contributed by atoms with Gasteiger partial charge in [-0.3, -0.25) is 4.79 Å². The van der Waals surface area contributed by atoms with Gasteiger partial charge in [-0.2, -0.15) is 0 Å². The zero-order valence-electron chi connectivity index (χ0n) is 16.0. The number of hydrogen-bond acceptors (Lipinski definition) is 3. The third-order valence-corrected chi connectivity index (χ3v) is 6.00. The first-order valence-corrected chi connectivity index (χ1v) is 9.54. The van der Waals surface area contributed by atoms with Crippen LogP contribution in [-0.2, 0) is 16.0 Å². The molecule has 1 fully saturated rings. The minimum atomic E-state index is -0.663. The highest BCUT2D eigenvalue weighted by Gasteiger charge is 2.40. The highest BCUT2D eigenvalue weighted by Crippen LogP contribution is 2.42. The molecule has 2 amide bonds. The van der Waals surface area contributed by atoms with Gasteiger partial charge in [-0.25, -0.2) is 13.6 Å². The van der Waals surface area contributed by atoms with Crippen molar-refractivity contribution in [3.63, 3.8) is 0 Å². The second-order valence-corrected chi connectivity index (χ2v) is 7.46. The van der Waals surface area contributed by atoms with Crippen molar-refractivity contribution in [1.29, 1.82) is 0 Å². The van der Waals surface area contributed by atoms with Crippen LogP contribution in [0, 0.1) is 29.9 Å². The summed E-state index contributed by atoms with van der Waals surface area (Å²) < 4.78 is 33.0. The second kappa shape index (κ2) is 7.39. The van der Waals surface area contributed by atoms with Gasteiger partial charge in [0.2, 0.25) is 0 Å². The summed E-state index contributed by atoms with van der Waals surface area (Å²) in [5.74, 6) is 0.471. The number of hydrogen-bond donors (Lipinski definition) is 1. The van der Waals surface area contributed by atoms with Crippen LogP contribution in [0.15, 0.2) is 12.1 Å². The standard InChI is InChI=1S/C21H21F2N3O3/c1-3-17(27)26-9-6-14-15-10-13(22)11-16(23)18(15)24-19(14)20(26)12-4-7-25(8-5-12)21(28)29-2/h1,10-12,20,24H,4-9H2,2H3. The van der Waals surface area contributed by atoms with Crippen LogP contribution in [0.25, 0.3) is 10.9 Å². The Hall–Kier alpha value is -3.08. The van der Waals surface area contributed by atoms with E-state index in [1.54, 1.807) is 9.80 Å². The van der Waals surface area contributed by atoms with Gasteiger partial charge in [-0.05, 0) is 42.7 Å². The number of halogens is 2. The van der Waals surface area contributed by atoms with Crippen LogP contribution in [-0.4, -0.2) is 53.5 Å². The molecule has 0 bridgehead atoms. The van der Waals surface area contributed by atoms with Crippen LogP contribution in [0.4, 0.5) is 13.6 Å². The van der Waals surface area contributed by atoms with E-state index in [4.69, 9.17) is 11.2 Å². The molecule has 4 rings (SSSR count). The van der Waals surface area contributed by atoms with Crippen molar-refractivity contribution in [2.45, 2.75) is 25.3 Å². The molecule has 0 radical (unpaired) electrons. The van der Waals surface area contributed by atoms with Crippen LogP contribution >= 0.6 is 0 Å². The van der Waals surface area contributed by atoms with Crippen LogP contribution in [0.1, 0.15) is 30.1 Å². The van der Waals surface area contributed by atoms with Gasteiger partial charge >= 0.3 is 6.09 Å². The van der Waals surface area contributed by atoms with E-state index in [0.29, 0.717) is 50.0 Å². The summed E-state index contributed by atoms with van der Waals surface area (Å²) in [5.41, 5.74) is 1.76. The number of likely N-dealkylation sites (tertiary alicyclic amines) is 1. The minimum absolute atomic E-state index is 0.0215. The number of nitrogens with zero attached hydrogens (tertiary/aromatic N) is 2. The molecule has 29 heavy (non-hydrogen) atoms. The van der Waals surface area contributed by atoms with Gasteiger partial charge in [0.1, 0.15) is 11.6 Å². The maximum absolute atomic E-state index is 14.4. The summed E-state index contributed by atoms with van der Waals surface area (Å²) in [7, 11) is 1.34. The Balaban J connectivity index is 1.74. The van der Waals surface area contributed by atoms with Crippen LogP contribution in [0.5, 0.6) is 0 Å². The molecule has 6 nitrogen and oxygen atoms in total. The molecular formula is C21H21F2N3O3. The minimum Gasteiger partial charge on any atom is -0.453 e. The molecule has 1 saturated heterocycles. The van der Waals surface area contributed by atoms with E-state index in [1.807, 2.05) is 0 Å². The lowest BCUT2D eigenvalue weighted by molar-refractivity contribution is -0.129. The molecule has 152 valence electrons. The van der Waals surface area contributed by atoms with Gasteiger partial charge in [0.15, 0.2) is 0 Å². The van der Waals surface area contributed by atoms with E-state index >= 15 is 0 Å². The number of carbonyl (C=O) groups is 2. The first-order chi connectivity index (χ1) is 13.9. The molecule has 3 heterocycles. The number of H-pyrrole nitrogens is 1. The number of rotatable bonds is 1. The lowest BCUT2D eigenvalue weighted by Crippen LogP contribution is -2.47. The molecule has 2 aliphatic rings. The van der Waals surface area contributed by atoms with E-state index in [0.717, 1.165) is 11.6 Å². The number of piperidine rings is 1. The number of aromatic nitrogens is 1. The average Bonchev–Trinajstić information content (AvgIpc) is 3.11. The van der Waals surface area contributed by atoms with Crippen molar-refractivity contribution in [3.05, 3.63) is 35.0 Å². The van der Waals surface area contributed by atoms with E-state index in [9.17, 15) is 18.4 Å². The Kier molecular flexibility index (Phi) is 4.91. The second-order valence-electron chi connectivity index (χ2n) is 7.46. The highest BCUT2D eigenvalue weighted by atomic mass is 19.1. The maximum Gasteiger partial charge on any atom is 0.409 e. The number of carbonyl (C=O) groups excluding carboxylic acids is 2. The normalized spacial score (nSPS) is 19.7. The first kappa shape index (κ1) is 19.2. The summed E-state index contributed by atoms with van der Waals surface area (Å²) in [5, 5.41) is 0.502. The Morgan fingerprint density at radius 3 is 2.62 bits per heavy atom. The lowest BCUT2D eigenvalue weighted by atomic mass is 9.82. The lowest BCUT2D eigenvalue weighted by Gasteiger charge is -2.42. The number of methoxy groups -OCH3 is 1. The third-order valence-electron chi connectivity index (χ3n) is 6.00. The summed E-state index contributed by atoms with van der Waals surface area (Å²) in [6, 6.07) is 1.79. The molecule has 0 saturated carbocycles. The summed E-state index contributed by atoms with van der Waals surface area (Å²) in [6.45, 7) is 1.36. The molecule has 0 spiro atoms. The fraction of sp³-hybridized carbons (Fsp3) is 0.429. The zero-order valence-corrected chi connectivity index (χ0v) is 16.0. The molecular weight excluding hydrogens is 380 g/mol. The number of amides is 2. The number of benzene rings is 1. The molecule has 2 aromatic rings. The van der Waals surface area contributed by atoms with Gasteiger partial charge in [0.25, 0.3) is 5.91 Å². The van der Waals surface area contributed by atoms with Gasteiger partial charge in [-0.15, -0.1) is 6.42 Å². The van der Waals surface area contributed by atoms with Crippen molar-refractivity contribution < 1.29 is 23.1 Å². The van der Waals surface area contributed by atoms with Gasteiger partial charge in [0, 0.05) is 36.8 Å². The number of fused-ring (bicyclic) bond motifs is 3. The largest absolute Gasteiger partial charge is 0.453 e. The van der Waals surface area contributed by atoms with E-state index in [1.165, 1.54) is 13.2 Å². The third kappa shape index (κ3) is 3.20. The molecule has 1 unspecified atom stereocenters. The van der Waals surface area contributed by atoms with Gasteiger partial charge in [-0.1, -0.05) is 0 Å². The van der Waals surface area contributed by atoms with Crippen molar-refractivity contribution in [1.82, 2.24) is 14.8 Å².